The number of rotatable bonds is 5. The summed E-state index contributed by atoms with van der Waals surface area (Å²) in [6.45, 7) is 0. The summed E-state index contributed by atoms with van der Waals surface area (Å²) in [5, 5.41) is 12.1. The van der Waals surface area contributed by atoms with E-state index in [1.807, 2.05) is 101 Å². The zero-order valence-corrected chi connectivity index (χ0v) is 21.0. The predicted molar refractivity (Wildman–Crippen MR) is 148 cm³/mol. The van der Waals surface area contributed by atoms with E-state index in [1.54, 1.807) is 7.11 Å². The Balaban J connectivity index is 1.74. The fraction of sp³-hybridized carbons (Fsp3) is 0.0333. The van der Waals surface area contributed by atoms with Crippen LogP contribution in [0.5, 0.6) is 5.75 Å². The quantitative estimate of drug-likeness (QED) is 0.227. The largest absolute Gasteiger partial charge is 0.587 e. The number of benzene rings is 4. The molecule has 6 heteroatoms. The Labute approximate surface area is 215 Å². The molecule has 0 aliphatic rings. The monoisotopic (exact) mass is 504 g/mol. The van der Waals surface area contributed by atoms with Gasteiger partial charge >= 0.3 is 0 Å². The van der Waals surface area contributed by atoms with Crippen molar-refractivity contribution >= 4 is 43.7 Å². The molecular formula is C30H20N2O2S2. The lowest BCUT2D eigenvalue weighted by molar-refractivity contribution is 0.414. The van der Waals surface area contributed by atoms with Crippen LogP contribution in [0, 0.1) is 11.3 Å². The van der Waals surface area contributed by atoms with Gasteiger partial charge in [-0.25, -0.2) is 0 Å². The highest BCUT2D eigenvalue weighted by molar-refractivity contribution is 7.90. The average molecular weight is 505 g/mol. The Hall–Kier alpha value is -4.02. The van der Waals surface area contributed by atoms with Crippen molar-refractivity contribution < 1.29 is 9.29 Å². The molecule has 0 fully saturated rings. The van der Waals surface area contributed by atoms with Gasteiger partial charge in [-0.15, -0.1) is 11.3 Å². The lowest BCUT2D eigenvalue weighted by Gasteiger charge is -2.16. The number of methoxy groups -OCH3 is 1. The second-order valence-electron chi connectivity index (χ2n) is 8.24. The molecule has 0 aliphatic carbocycles. The second-order valence-corrected chi connectivity index (χ2v) is 10.6. The van der Waals surface area contributed by atoms with Crippen LogP contribution in [-0.4, -0.2) is 15.6 Å². The highest BCUT2D eigenvalue weighted by Gasteiger charge is 2.30. The highest BCUT2D eigenvalue weighted by Crippen LogP contribution is 2.48. The number of nitriles is 1. The van der Waals surface area contributed by atoms with Crippen molar-refractivity contribution in [1.29, 1.82) is 5.26 Å². The third kappa shape index (κ3) is 3.57. The van der Waals surface area contributed by atoms with Gasteiger partial charge in [-0.1, -0.05) is 66.7 Å². The minimum absolute atomic E-state index is 0.645. The van der Waals surface area contributed by atoms with Crippen LogP contribution in [0.3, 0.4) is 0 Å². The third-order valence-electron chi connectivity index (χ3n) is 6.25. The van der Waals surface area contributed by atoms with Gasteiger partial charge in [0.25, 0.3) is 0 Å². The SMILES string of the molecule is COc1ccc([S+]([O-])n2c(-c3ccccc3)c(-c3c(C#N)sc4ccccc34)c3ccccc32)cc1. The van der Waals surface area contributed by atoms with Crippen LogP contribution < -0.4 is 4.74 Å². The van der Waals surface area contributed by atoms with E-state index in [1.165, 1.54) is 11.3 Å². The number of fused-ring (bicyclic) bond motifs is 2. The van der Waals surface area contributed by atoms with E-state index < -0.39 is 11.4 Å². The van der Waals surface area contributed by atoms with Gasteiger partial charge in [0.2, 0.25) is 0 Å². The van der Waals surface area contributed by atoms with Gasteiger partial charge in [0.05, 0.1) is 12.6 Å². The molecule has 0 spiro atoms. The smallest absolute Gasteiger partial charge is 0.180 e. The van der Waals surface area contributed by atoms with Crippen molar-refractivity contribution in [1.82, 2.24) is 3.97 Å². The van der Waals surface area contributed by atoms with Crippen LogP contribution in [0.1, 0.15) is 4.88 Å². The molecule has 0 saturated carbocycles. The Bertz CT molecular complexity index is 1750. The van der Waals surface area contributed by atoms with Crippen molar-refractivity contribution in [2.75, 3.05) is 7.11 Å². The Morgan fingerprint density at radius 2 is 1.47 bits per heavy atom. The van der Waals surface area contributed by atoms with Crippen LogP contribution in [-0.2, 0) is 11.4 Å². The van der Waals surface area contributed by atoms with Gasteiger partial charge < -0.3 is 9.29 Å². The van der Waals surface area contributed by atoms with Gasteiger partial charge in [-0.3, -0.25) is 0 Å². The van der Waals surface area contributed by atoms with Gasteiger partial charge in [0.15, 0.2) is 4.90 Å². The molecule has 4 aromatic carbocycles. The van der Waals surface area contributed by atoms with Gasteiger partial charge in [-0.2, -0.15) is 9.23 Å². The number of thiophene rings is 1. The van der Waals surface area contributed by atoms with Gasteiger partial charge in [0, 0.05) is 32.2 Å². The Morgan fingerprint density at radius 1 is 0.806 bits per heavy atom. The minimum Gasteiger partial charge on any atom is -0.587 e. The minimum atomic E-state index is -1.55. The van der Waals surface area contributed by atoms with E-state index in [-0.39, 0.29) is 0 Å². The molecule has 36 heavy (non-hydrogen) atoms. The first-order chi connectivity index (χ1) is 17.7. The number of nitrogens with zero attached hydrogens (tertiary/aromatic N) is 2. The molecule has 6 rings (SSSR count). The molecule has 4 nitrogen and oxygen atoms in total. The van der Waals surface area contributed by atoms with Crippen molar-refractivity contribution in [3.63, 3.8) is 0 Å². The lowest BCUT2D eigenvalue weighted by Crippen LogP contribution is -2.14. The molecule has 2 aromatic heterocycles. The molecule has 2 heterocycles. The molecule has 0 radical (unpaired) electrons. The van der Waals surface area contributed by atoms with E-state index in [9.17, 15) is 9.81 Å². The molecule has 0 amide bonds. The maximum absolute atomic E-state index is 14.2. The fourth-order valence-corrected chi connectivity index (χ4v) is 6.95. The van der Waals surface area contributed by atoms with E-state index in [2.05, 4.69) is 12.1 Å². The topological polar surface area (TPSA) is 61.0 Å². The first kappa shape index (κ1) is 22.4. The predicted octanol–water partition coefficient (Wildman–Crippen LogP) is 7.64. The number of hydrogen-bond donors (Lipinski definition) is 0. The maximum atomic E-state index is 14.2. The third-order valence-corrected chi connectivity index (χ3v) is 8.72. The Kier molecular flexibility index (Phi) is 5.74. The van der Waals surface area contributed by atoms with Gasteiger partial charge in [-0.05, 0) is 36.4 Å². The second kappa shape index (κ2) is 9.21. The summed E-state index contributed by atoms with van der Waals surface area (Å²) in [4.78, 5) is 1.31. The molecule has 1 unspecified atom stereocenters. The summed E-state index contributed by atoms with van der Waals surface area (Å²) in [5.74, 6) is 0.709. The molecule has 174 valence electrons. The Morgan fingerprint density at radius 3 is 2.19 bits per heavy atom. The highest BCUT2D eigenvalue weighted by atomic mass is 32.2. The van der Waals surface area contributed by atoms with Crippen LogP contribution >= 0.6 is 11.3 Å². The van der Waals surface area contributed by atoms with Crippen LogP contribution in [0.2, 0.25) is 0 Å². The summed E-state index contributed by atoms with van der Waals surface area (Å²) >= 11 is -0.0559. The number of para-hydroxylation sites is 1. The number of aromatic nitrogens is 1. The summed E-state index contributed by atoms with van der Waals surface area (Å²) < 4.78 is 22.5. The lowest BCUT2D eigenvalue weighted by atomic mass is 9.96. The molecular weight excluding hydrogens is 484 g/mol. The summed E-state index contributed by atoms with van der Waals surface area (Å²) in [6, 6.07) is 35.8. The summed E-state index contributed by atoms with van der Waals surface area (Å²) in [6.07, 6.45) is 0. The average Bonchev–Trinajstić information content (AvgIpc) is 3.48. The number of ether oxygens (including phenoxy) is 1. The van der Waals surface area contributed by atoms with Crippen molar-refractivity contribution in [3.8, 4) is 34.2 Å². The van der Waals surface area contributed by atoms with E-state index in [4.69, 9.17) is 4.74 Å². The van der Waals surface area contributed by atoms with Crippen molar-refractivity contribution in [3.05, 3.63) is 108 Å². The number of hydrogen-bond acceptors (Lipinski definition) is 4. The standard InChI is InChI=1S/C30H20N2O2S2/c1-34-21-15-17-22(18-16-21)36(33)32-25-13-7-5-11-23(25)29(30(32)20-9-3-2-4-10-20)28-24-12-6-8-14-26(24)35-27(28)19-31/h2-18H,1H3. The summed E-state index contributed by atoms with van der Waals surface area (Å²) in [7, 11) is 1.61. The van der Waals surface area contributed by atoms with Crippen molar-refractivity contribution in [2.45, 2.75) is 4.90 Å². The van der Waals surface area contributed by atoms with Crippen molar-refractivity contribution in [2.24, 2.45) is 0 Å². The van der Waals surface area contributed by atoms with E-state index in [0.717, 1.165) is 43.4 Å². The molecule has 0 bridgehead atoms. The first-order valence-corrected chi connectivity index (χ1v) is 13.3. The zero-order chi connectivity index (χ0) is 24.6. The van der Waals surface area contributed by atoms with E-state index in [0.29, 0.717) is 15.5 Å². The fourth-order valence-electron chi connectivity index (χ4n) is 4.66. The zero-order valence-electron chi connectivity index (χ0n) is 19.3. The normalized spacial score (nSPS) is 12.0. The van der Waals surface area contributed by atoms with Gasteiger partial charge in [0.1, 0.15) is 33.8 Å². The maximum Gasteiger partial charge on any atom is 0.180 e. The van der Waals surface area contributed by atoms with Crippen LogP contribution in [0.25, 0.3) is 43.4 Å². The molecule has 6 aromatic rings. The van der Waals surface area contributed by atoms with E-state index >= 15 is 0 Å². The summed E-state index contributed by atoms with van der Waals surface area (Å²) in [5.41, 5.74) is 4.42. The molecule has 0 aliphatic heterocycles. The van der Waals surface area contributed by atoms with Crippen LogP contribution in [0.4, 0.5) is 0 Å². The molecule has 1 atom stereocenters. The van der Waals surface area contributed by atoms with Crippen LogP contribution in [0.15, 0.2) is 108 Å². The molecule has 0 N–H and O–H groups in total. The first-order valence-electron chi connectivity index (χ1n) is 11.4. The molecule has 0 saturated heterocycles.